The molecule has 1 amide bonds. The summed E-state index contributed by atoms with van der Waals surface area (Å²) < 4.78 is 0. The highest BCUT2D eigenvalue weighted by molar-refractivity contribution is 5.94. The van der Waals surface area contributed by atoms with E-state index in [2.05, 4.69) is 71.8 Å². The van der Waals surface area contributed by atoms with E-state index in [1.165, 1.54) is 16.7 Å². The van der Waals surface area contributed by atoms with E-state index in [-0.39, 0.29) is 5.91 Å². The highest BCUT2D eigenvalue weighted by Gasteiger charge is 2.24. The number of hydrogen-bond donors (Lipinski definition) is 1. The summed E-state index contributed by atoms with van der Waals surface area (Å²) in [6.45, 7) is 4.44. The molecule has 1 saturated heterocycles. The van der Waals surface area contributed by atoms with Crippen molar-refractivity contribution in [2.45, 2.75) is 32.7 Å². The third kappa shape index (κ3) is 5.26. The minimum atomic E-state index is 0.0832. The van der Waals surface area contributed by atoms with Crippen molar-refractivity contribution in [1.82, 2.24) is 9.88 Å². The number of pyridine rings is 1. The first-order valence-electron chi connectivity index (χ1n) is 10.7. The van der Waals surface area contributed by atoms with Gasteiger partial charge < -0.3 is 10.2 Å². The van der Waals surface area contributed by atoms with Gasteiger partial charge in [-0.05, 0) is 49.3 Å². The minimum absolute atomic E-state index is 0.0832. The number of rotatable bonds is 6. The normalized spacial score (nSPS) is 14.5. The first kappa shape index (κ1) is 20.1. The number of piperidine rings is 1. The lowest BCUT2D eigenvalue weighted by molar-refractivity contribution is 0.0690. The monoisotopic (exact) mass is 399 g/mol. The third-order valence-corrected chi connectivity index (χ3v) is 5.83. The molecule has 0 bridgehead atoms. The summed E-state index contributed by atoms with van der Waals surface area (Å²) in [5, 5.41) is 3.39. The van der Waals surface area contributed by atoms with Crippen LogP contribution in [0.1, 0.15) is 39.9 Å². The first-order chi connectivity index (χ1) is 14.7. The Labute approximate surface area is 179 Å². The largest absolute Gasteiger partial charge is 0.380 e. The topological polar surface area (TPSA) is 45.2 Å². The van der Waals surface area contributed by atoms with Gasteiger partial charge in [-0.2, -0.15) is 0 Å². The summed E-state index contributed by atoms with van der Waals surface area (Å²) in [6.07, 6.45) is 6.66. The molecule has 1 aliphatic rings. The third-order valence-electron chi connectivity index (χ3n) is 5.83. The van der Waals surface area contributed by atoms with Gasteiger partial charge in [0.1, 0.15) is 0 Å². The lowest BCUT2D eigenvalue weighted by Crippen LogP contribution is -2.39. The van der Waals surface area contributed by atoms with Crippen molar-refractivity contribution in [2.75, 3.05) is 18.4 Å². The van der Waals surface area contributed by atoms with E-state index in [4.69, 9.17) is 0 Å². The molecular weight excluding hydrogens is 370 g/mol. The maximum atomic E-state index is 13.0. The lowest BCUT2D eigenvalue weighted by atomic mass is 9.90. The van der Waals surface area contributed by atoms with Crippen molar-refractivity contribution in [2.24, 2.45) is 5.92 Å². The summed E-state index contributed by atoms with van der Waals surface area (Å²) in [4.78, 5) is 19.3. The Bertz CT molecular complexity index is 978. The first-order valence-corrected chi connectivity index (χ1v) is 10.7. The van der Waals surface area contributed by atoms with Crippen molar-refractivity contribution in [1.29, 1.82) is 0 Å². The Morgan fingerprint density at radius 2 is 1.77 bits per heavy atom. The van der Waals surface area contributed by atoms with Crippen LogP contribution < -0.4 is 5.32 Å². The average molecular weight is 400 g/mol. The molecule has 1 aromatic heterocycles. The Balaban J connectivity index is 1.32. The molecule has 4 nitrogen and oxygen atoms in total. The Morgan fingerprint density at radius 1 is 1.00 bits per heavy atom. The van der Waals surface area contributed by atoms with Crippen LogP contribution in [0.5, 0.6) is 0 Å². The molecule has 2 heterocycles. The number of amides is 1. The maximum Gasteiger partial charge on any atom is 0.255 e. The van der Waals surface area contributed by atoms with Crippen molar-refractivity contribution in [3.63, 3.8) is 0 Å². The van der Waals surface area contributed by atoms with Crippen molar-refractivity contribution in [3.05, 3.63) is 95.3 Å². The van der Waals surface area contributed by atoms with Crippen LogP contribution in [0.4, 0.5) is 5.69 Å². The number of nitrogens with one attached hydrogen (secondary N) is 1. The molecule has 1 fully saturated rings. The molecule has 2 aromatic carbocycles. The number of likely N-dealkylation sites (tertiary alicyclic amines) is 1. The van der Waals surface area contributed by atoms with Crippen LogP contribution in [0.25, 0.3) is 0 Å². The van der Waals surface area contributed by atoms with Crippen LogP contribution in [-0.4, -0.2) is 28.9 Å². The summed E-state index contributed by atoms with van der Waals surface area (Å²) in [5.74, 6) is 0.733. The molecule has 0 aliphatic carbocycles. The molecule has 0 atom stereocenters. The van der Waals surface area contributed by atoms with Gasteiger partial charge in [0.15, 0.2) is 0 Å². The van der Waals surface area contributed by atoms with Gasteiger partial charge in [-0.3, -0.25) is 9.78 Å². The molecule has 0 saturated carbocycles. The standard InChI is InChI=1S/C26H29N3O/c1-20-6-5-9-23(14-20)17-28-25-16-24(18-27-19-25)26(30)29-12-10-22(11-13-29)15-21-7-3-2-4-8-21/h2-9,14,16,18-19,22,28H,10-13,15,17H2,1H3. The molecule has 3 aromatic rings. The highest BCUT2D eigenvalue weighted by Crippen LogP contribution is 2.23. The van der Waals surface area contributed by atoms with Gasteiger partial charge in [-0.1, -0.05) is 60.2 Å². The van der Waals surface area contributed by atoms with E-state index >= 15 is 0 Å². The SMILES string of the molecule is Cc1cccc(CNc2cncc(C(=O)N3CCC(Cc4ccccc4)CC3)c2)c1. The van der Waals surface area contributed by atoms with Gasteiger partial charge in [-0.15, -0.1) is 0 Å². The zero-order chi connectivity index (χ0) is 20.8. The Morgan fingerprint density at radius 3 is 2.53 bits per heavy atom. The Hall–Kier alpha value is -3.14. The fourth-order valence-electron chi connectivity index (χ4n) is 4.15. The van der Waals surface area contributed by atoms with Crippen LogP contribution in [0.2, 0.25) is 0 Å². The zero-order valence-corrected chi connectivity index (χ0v) is 17.6. The van der Waals surface area contributed by atoms with Gasteiger partial charge in [0.25, 0.3) is 5.91 Å². The van der Waals surface area contributed by atoms with Gasteiger partial charge in [0.05, 0.1) is 11.3 Å². The van der Waals surface area contributed by atoms with Gasteiger partial charge in [0, 0.05) is 32.0 Å². The fraction of sp³-hybridized carbons (Fsp3) is 0.308. The van der Waals surface area contributed by atoms with Crippen molar-refractivity contribution in [3.8, 4) is 0 Å². The molecule has 4 rings (SSSR count). The number of nitrogens with zero attached hydrogens (tertiary/aromatic N) is 2. The average Bonchev–Trinajstić information content (AvgIpc) is 2.79. The predicted octanol–water partition coefficient (Wildman–Crippen LogP) is 5.10. The van der Waals surface area contributed by atoms with E-state index in [1.807, 2.05) is 11.0 Å². The van der Waals surface area contributed by atoms with Crippen LogP contribution in [0.3, 0.4) is 0 Å². The van der Waals surface area contributed by atoms with Crippen molar-refractivity contribution >= 4 is 11.6 Å². The maximum absolute atomic E-state index is 13.0. The smallest absolute Gasteiger partial charge is 0.255 e. The van der Waals surface area contributed by atoms with Gasteiger partial charge >= 0.3 is 0 Å². The number of aryl methyl sites for hydroxylation is 1. The number of aromatic nitrogens is 1. The second kappa shape index (κ2) is 9.57. The molecule has 1 aliphatic heterocycles. The van der Waals surface area contributed by atoms with Crippen molar-refractivity contribution < 1.29 is 4.79 Å². The van der Waals surface area contributed by atoms with Crippen LogP contribution in [0, 0.1) is 12.8 Å². The number of carbonyl (C=O) groups excluding carboxylic acids is 1. The molecular formula is C26H29N3O. The summed E-state index contributed by atoms with van der Waals surface area (Å²) in [6, 6.07) is 21.0. The second-order valence-corrected chi connectivity index (χ2v) is 8.23. The highest BCUT2D eigenvalue weighted by atomic mass is 16.2. The summed E-state index contributed by atoms with van der Waals surface area (Å²) in [7, 11) is 0. The predicted molar refractivity (Wildman–Crippen MR) is 122 cm³/mol. The molecule has 0 radical (unpaired) electrons. The molecule has 4 heteroatoms. The second-order valence-electron chi connectivity index (χ2n) is 8.23. The van der Waals surface area contributed by atoms with E-state index in [9.17, 15) is 4.79 Å². The van der Waals surface area contributed by atoms with Crippen LogP contribution in [-0.2, 0) is 13.0 Å². The van der Waals surface area contributed by atoms with Crippen LogP contribution >= 0.6 is 0 Å². The van der Waals surface area contributed by atoms with E-state index in [1.54, 1.807) is 12.4 Å². The molecule has 30 heavy (non-hydrogen) atoms. The van der Waals surface area contributed by atoms with E-state index in [0.29, 0.717) is 18.0 Å². The van der Waals surface area contributed by atoms with E-state index in [0.717, 1.165) is 38.0 Å². The molecule has 1 N–H and O–H groups in total. The van der Waals surface area contributed by atoms with E-state index < -0.39 is 0 Å². The number of carbonyl (C=O) groups is 1. The molecule has 0 unspecified atom stereocenters. The van der Waals surface area contributed by atoms with Gasteiger partial charge in [-0.25, -0.2) is 0 Å². The minimum Gasteiger partial charge on any atom is -0.380 e. The number of hydrogen-bond acceptors (Lipinski definition) is 3. The van der Waals surface area contributed by atoms with Crippen LogP contribution in [0.15, 0.2) is 73.1 Å². The number of anilines is 1. The fourth-order valence-corrected chi connectivity index (χ4v) is 4.15. The molecule has 154 valence electrons. The molecule has 0 spiro atoms. The summed E-state index contributed by atoms with van der Waals surface area (Å²) >= 11 is 0. The summed E-state index contributed by atoms with van der Waals surface area (Å²) in [5.41, 5.74) is 5.38. The number of benzene rings is 2. The zero-order valence-electron chi connectivity index (χ0n) is 17.6. The quantitative estimate of drug-likeness (QED) is 0.627. The van der Waals surface area contributed by atoms with Gasteiger partial charge in [0.2, 0.25) is 0 Å². The lowest BCUT2D eigenvalue weighted by Gasteiger charge is -2.32. The Kier molecular flexibility index (Phi) is 6.43.